The van der Waals surface area contributed by atoms with Crippen LogP contribution in [0.2, 0.25) is 0 Å². The molecule has 1 saturated carbocycles. The van der Waals surface area contributed by atoms with E-state index in [2.05, 4.69) is 15.6 Å². The van der Waals surface area contributed by atoms with Crippen LogP contribution in [0, 0.1) is 18.6 Å². The molecule has 3 heterocycles. The van der Waals surface area contributed by atoms with Gasteiger partial charge in [-0.3, -0.25) is 9.59 Å². The number of carbonyl (C=O) groups excluding carboxylic acids is 2. The van der Waals surface area contributed by atoms with Gasteiger partial charge in [0.2, 0.25) is 11.7 Å². The fraction of sp³-hybridized carbons (Fsp3) is 0.286. The Bertz CT molecular complexity index is 2060. The number of amides is 1. The van der Waals surface area contributed by atoms with Crippen LogP contribution in [-0.4, -0.2) is 44.4 Å². The summed E-state index contributed by atoms with van der Waals surface area (Å²) in [5.74, 6) is -3.44. The number of hydrogen-bond donors (Lipinski definition) is 2. The number of anilines is 1. The first kappa shape index (κ1) is 33.0. The number of ketones is 1. The standard InChI is InChI=1S/C35H31F6N5O2/c1-19-43-28-17-24(25(35(39,40)41)18-31(28)45(19)2)23-8-5-13-46-29(23)10-11-30(46)34(48)20-14-26(37)33(27(38)15-20)44-32(47)9-4-12-42-22-7-3-6-21(36)16-22/h4-5,8-11,13-15,17-18,21-22,42H,3,6-7,12,16H2,1-2H3,(H,44,47)/b9-4+/t21-,22-/m1/s1. The quantitative estimate of drug-likeness (QED) is 0.101. The monoisotopic (exact) mass is 667 g/mol. The second-order valence-corrected chi connectivity index (χ2v) is 11.9. The third-order valence-electron chi connectivity index (χ3n) is 8.72. The third kappa shape index (κ3) is 6.46. The second kappa shape index (κ2) is 12.9. The lowest BCUT2D eigenvalue weighted by Crippen LogP contribution is -2.34. The van der Waals surface area contributed by atoms with Crippen LogP contribution in [-0.2, 0) is 18.0 Å². The highest BCUT2D eigenvalue weighted by molar-refractivity contribution is 6.09. The molecule has 1 aliphatic rings. The first-order chi connectivity index (χ1) is 22.8. The number of pyridine rings is 1. The summed E-state index contributed by atoms with van der Waals surface area (Å²) in [4.78, 5) is 30.2. The van der Waals surface area contributed by atoms with Crippen LogP contribution in [0.25, 0.3) is 27.7 Å². The zero-order valence-corrected chi connectivity index (χ0v) is 26.0. The number of nitrogens with one attached hydrogen (secondary N) is 2. The van der Waals surface area contributed by atoms with Gasteiger partial charge >= 0.3 is 6.18 Å². The Kier molecular flexibility index (Phi) is 8.90. The molecule has 6 rings (SSSR count). The van der Waals surface area contributed by atoms with Gasteiger partial charge in [-0.2, -0.15) is 13.2 Å². The first-order valence-corrected chi connectivity index (χ1v) is 15.3. The van der Waals surface area contributed by atoms with Crippen molar-refractivity contribution in [1.82, 2.24) is 19.3 Å². The Balaban J connectivity index is 1.24. The number of rotatable bonds is 8. The van der Waals surface area contributed by atoms with Crippen molar-refractivity contribution >= 4 is 33.9 Å². The molecule has 13 heteroatoms. The normalized spacial score (nSPS) is 17.1. The highest BCUT2D eigenvalue weighted by Gasteiger charge is 2.35. The summed E-state index contributed by atoms with van der Waals surface area (Å²) < 4.78 is 89.5. The van der Waals surface area contributed by atoms with Gasteiger partial charge in [0.1, 0.15) is 29.3 Å². The van der Waals surface area contributed by atoms with E-state index < -0.39 is 46.9 Å². The number of alkyl halides is 4. The van der Waals surface area contributed by atoms with Crippen molar-refractivity contribution < 1.29 is 35.9 Å². The summed E-state index contributed by atoms with van der Waals surface area (Å²) in [6, 6.07) is 9.75. The van der Waals surface area contributed by atoms with Crippen molar-refractivity contribution in [2.24, 2.45) is 7.05 Å². The highest BCUT2D eigenvalue weighted by Crippen LogP contribution is 2.41. The summed E-state index contributed by atoms with van der Waals surface area (Å²) >= 11 is 0. The van der Waals surface area contributed by atoms with Gasteiger partial charge in [0.25, 0.3) is 0 Å². The van der Waals surface area contributed by atoms with Gasteiger partial charge in [0.15, 0.2) is 0 Å². The Morgan fingerprint density at radius 2 is 1.77 bits per heavy atom. The van der Waals surface area contributed by atoms with Gasteiger partial charge in [-0.15, -0.1) is 0 Å². The van der Waals surface area contributed by atoms with Crippen LogP contribution in [0.5, 0.6) is 0 Å². The van der Waals surface area contributed by atoms with Gasteiger partial charge in [0.05, 0.1) is 27.8 Å². The number of benzene rings is 2. The lowest BCUT2D eigenvalue weighted by molar-refractivity contribution is -0.137. The van der Waals surface area contributed by atoms with Crippen LogP contribution in [0.15, 0.2) is 66.9 Å². The fourth-order valence-electron chi connectivity index (χ4n) is 6.22. The van der Waals surface area contributed by atoms with E-state index >= 15 is 8.78 Å². The van der Waals surface area contributed by atoms with Crippen LogP contribution >= 0.6 is 0 Å². The minimum absolute atomic E-state index is 0.0107. The molecule has 1 aliphatic carbocycles. The Morgan fingerprint density at radius 1 is 1.02 bits per heavy atom. The number of nitrogens with zero attached hydrogens (tertiary/aromatic N) is 3. The molecule has 0 spiro atoms. The molecule has 5 aromatic rings. The Hall–Kier alpha value is -4.91. The molecule has 3 aromatic heterocycles. The largest absolute Gasteiger partial charge is 0.417 e. The minimum Gasteiger partial charge on any atom is -0.331 e. The molecule has 1 amide bonds. The molecule has 48 heavy (non-hydrogen) atoms. The first-order valence-electron chi connectivity index (χ1n) is 15.3. The zero-order valence-electron chi connectivity index (χ0n) is 26.0. The molecule has 0 saturated heterocycles. The average Bonchev–Trinajstić information content (AvgIpc) is 3.59. The van der Waals surface area contributed by atoms with Crippen molar-refractivity contribution in [3.63, 3.8) is 0 Å². The Labute approximate surface area is 271 Å². The van der Waals surface area contributed by atoms with Crippen molar-refractivity contribution in [2.45, 2.75) is 51.0 Å². The lowest BCUT2D eigenvalue weighted by atomic mass is 9.94. The molecule has 2 aromatic carbocycles. The molecule has 250 valence electrons. The van der Waals surface area contributed by atoms with Crippen LogP contribution in [0.4, 0.5) is 32.0 Å². The summed E-state index contributed by atoms with van der Waals surface area (Å²) in [7, 11) is 1.63. The van der Waals surface area contributed by atoms with Gasteiger partial charge in [0, 0.05) is 43.0 Å². The van der Waals surface area contributed by atoms with Gasteiger partial charge in [-0.25, -0.2) is 18.2 Å². The molecule has 1 fully saturated rings. The van der Waals surface area contributed by atoms with E-state index in [0.29, 0.717) is 29.7 Å². The number of imidazole rings is 1. The lowest BCUT2D eigenvalue weighted by Gasteiger charge is -2.24. The van der Waals surface area contributed by atoms with Crippen molar-refractivity contribution in [1.29, 1.82) is 0 Å². The van der Waals surface area contributed by atoms with Crippen molar-refractivity contribution in [3.8, 4) is 11.1 Å². The van der Waals surface area contributed by atoms with Gasteiger partial charge in [-0.1, -0.05) is 12.1 Å². The van der Waals surface area contributed by atoms with E-state index in [1.807, 2.05) is 0 Å². The molecule has 0 unspecified atom stereocenters. The maximum Gasteiger partial charge on any atom is 0.417 e. The van der Waals surface area contributed by atoms with E-state index in [0.717, 1.165) is 37.1 Å². The Morgan fingerprint density at radius 3 is 2.48 bits per heavy atom. The second-order valence-electron chi connectivity index (χ2n) is 11.9. The van der Waals surface area contributed by atoms with E-state index in [1.54, 1.807) is 18.5 Å². The summed E-state index contributed by atoms with van der Waals surface area (Å²) in [5, 5.41) is 5.26. The number of aromatic nitrogens is 3. The van der Waals surface area contributed by atoms with E-state index in [-0.39, 0.29) is 40.5 Å². The molecule has 0 aliphatic heterocycles. The number of carbonyl (C=O) groups is 2. The zero-order chi connectivity index (χ0) is 34.3. The summed E-state index contributed by atoms with van der Waals surface area (Å²) in [6.45, 7) is 1.95. The predicted octanol–water partition coefficient (Wildman–Crippen LogP) is 7.69. The smallest absolute Gasteiger partial charge is 0.331 e. The molecule has 0 bridgehead atoms. The maximum atomic E-state index is 15.1. The predicted molar refractivity (Wildman–Crippen MR) is 170 cm³/mol. The molecule has 7 nitrogen and oxygen atoms in total. The van der Waals surface area contributed by atoms with Crippen LogP contribution in [0.1, 0.15) is 53.1 Å². The fourth-order valence-corrected chi connectivity index (χ4v) is 6.22. The number of fused-ring (bicyclic) bond motifs is 2. The van der Waals surface area contributed by atoms with E-state index in [9.17, 15) is 27.2 Å². The van der Waals surface area contributed by atoms with Crippen LogP contribution in [0.3, 0.4) is 0 Å². The van der Waals surface area contributed by atoms with Crippen LogP contribution < -0.4 is 10.6 Å². The van der Waals surface area contributed by atoms with E-state index in [4.69, 9.17) is 0 Å². The SMILES string of the molecule is Cc1nc2cc(-c3cccn4c(C(=O)c5cc(F)c(NC(=O)/C=C/CN[C@@H]6CCC[C@@H](F)C6)c(F)c5)ccc34)c(C(F)(F)F)cc2n1C. The molecular formula is C35H31F6N5O2. The van der Waals surface area contributed by atoms with Gasteiger partial charge < -0.3 is 19.6 Å². The van der Waals surface area contributed by atoms with Crippen molar-refractivity contribution in [3.05, 3.63) is 101 Å². The molecule has 0 radical (unpaired) electrons. The molecule has 2 N–H and O–H groups in total. The number of hydrogen-bond acceptors (Lipinski definition) is 4. The summed E-state index contributed by atoms with van der Waals surface area (Å²) in [5.41, 5.74) is -1.06. The molecule has 2 atom stereocenters. The maximum absolute atomic E-state index is 15.1. The average molecular weight is 668 g/mol. The topological polar surface area (TPSA) is 80.4 Å². The summed E-state index contributed by atoms with van der Waals surface area (Å²) in [6.07, 6.45) is 0.994. The molecular weight excluding hydrogens is 636 g/mol. The van der Waals surface area contributed by atoms with Gasteiger partial charge in [-0.05, 0) is 80.6 Å². The third-order valence-corrected chi connectivity index (χ3v) is 8.72. The van der Waals surface area contributed by atoms with Crippen molar-refractivity contribution in [2.75, 3.05) is 11.9 Å². The highest BCUT2D eigenvalue weighted by atomic mass is 19.4. The number of aryl methyl sites for hydroxylation is 2. The number of halogens is 6. The van der Waals surface area contributed by atoms with E-state index in [1.165, 1.54) is 47.0 Å². The minimum atomic E-state index is -4.70.